The summed E-state index contributed by atoms with van der Waals surface area (Å²) in [5.74, 6) is 1.04. The van der Waals surface area contributed by atoms with E-state index in [4.69, 9.17) is 0 Å². The number of hydrogen-bond acceptors (Lipinski definition) is 3. The van der Waals surface area contributed by atoms with E-state index in [1.165, 1.54) is 18.7 Å². The van der Waals surface area contributed by atoms with Gasteiger partial charge in [-0.1, -0.05) is 6.07 Å². The number of anilines is 1. The predicted octanol–water partition coefficient (Wildman–Crippen LogP) is 1.55. The van der Waals surface area contributed by atoms with Crippen LogP contribution in [-0.4, -0.2) is 36.9 Å². The fourth-order valence-electron chi connectivity index (χ4n) is 1.84. The van der Waals surface area contributed by atoms with Crippen LogP contribution in [0.4, 0.5) is 10.2 Å². The molecule has 0 aliphatic carbocycles. The molecular weight excluding hydrogens is 245 g/mol. The third kappa shape index (κ3) is 3.82. The zero-order valence-corrected chi connectivity index (χ0v) is 11.2. The SMILES string of the molecule is CN=C(N=CC(C)F)Nc1ccc2c(n1)CCNC2. The van der Waals surface area contributed by atoms with Gasteiger partial charge in [-0.25, -0.2) is 14.4 Å². The van der Waals surface area contributed by atoms with Crippen LogP contribution in [0, 0.1) is 0 Å². The lowest BCUT2D eigenvalue weighted by Gasteiger charge is -2.17. The molecule has 0 bridgehead atoms. The molecule has 0 radical (unpaired) electrons. The minimum atomic E-state index is -1.10. The number of aromatic nitrogens is 1. The first-order valence-corrected chi connectivity index (χ1v) is 6.30. The Balaban J connectivity index is 2.10. The number of nitrogens with zero attached hydrogens (tertiary/aromatic N) is 3. The maximum atomic E-state index is 12.7. The highest BCUT2D eigenvalue weighted by Crippen LogP contribution is 2.14. The topological polar surface area (TPSA) is 61.7 Å². The summed E-state index contributed by atoms with van der Waals surface area (Å²) in [4.78, 5) is 12.4. The van der Waals surface area contributed by atoms with Gasteiger partial charge in [-0.15, -0.1) is 0 Å². The van der Waals surface area contributed by atoms with Gasteiger partial charge in [0.25, 0.3) is 0 Å². The molecule has 5 nitrogen and oxygen atoms in total. The number of rotatable bonds is 2. The Kier molecular flexibility index (Phi) is 4.57. The van der Waals surface area contributed by atoms with Gasteiger partial charge in [0.05, 0.1) is 0 Å². The first-order chi connectivity index (χ1) is 9.19. The lowest BCUT2D eigenvalue weighted by molar-refractivity contribution is 0.461. The maximum absolute atomic E-state index is 12.7. The van der Waals surface area contributed by atoms with Crippen molar-refractivity contribution in [2.75, 3.05) is 18.9 Å². The monoisotopic (exact) mass is 263 g/mol. The molecule has 102 valence electrons. The lowest BCUT2D eigenvalue weighted by Crippen LogP contribution is -2.25. The molecule has 1 aliphatic heterocycles. The molecule has 2 rings (SSSR count). The molecule has 0 amide bonds. The number of guanidine groups is 1. The molecule has 6 heteroatoms. The van der Waals surface area contributed by atoms with Crippen LogP contribution in [0.25, 0.3) is 0 Å². The van der Waals surface area contributed by atoms with Crippen molar-refractivity contribution < 1.29 is 4.39 Å². The van der Waals surface area contributed by atoms with Crippen LogP contribution in [0.3, 0.4) is 0 Å². The van der Waals surface area contributed by atoms with Crippen LogP contribution in [0.2, 0.25) is 0 Å². The second-order valence-electron chi connectivity index (χ2n) is 4.36. The first kappa shape index (κ1) is 13.6. The number of halogens is 1. The molecule has 0 spiro atoms. The first-order valence-electron chi connectivity index (χ1n) is 6.30. The molecule has 0 saturated heterocycles. The van der Waals surface area contributed by atoms with Crippen molar-refractivity contribution in [1.29, 1.82) is 0 Å². The van der Waals surface area contributed by atoms with Crippen molar-refractivity contribution in [2.24, 2.45) is 9.98 Å². The molecular formula is C13H18FN5. The molecule has 1 aliphatic rings. The number of hydrogen-bond donors (Lipinski definition) is 2. The summed E-state index contributed by atoms with van der Waals surface area (Å²) in [6.45, 7) is 3.21. The summed E-state index contributed by atoms with van der Waals surface area (Å²) in [6.07, 6.45) is 1.02. The Morgan fingerprint density at radius 2 is 2.42 bits per heavy atom. The summed E-state index contributed by atoms with van der Waals surface area (Å²) in [5.41, 5.74) is 2.30. The Morgan fingerprint density at radius 3 is 3.16 bits per heavy atom. The molecule has 0 aromatic carbocycles. The Labute approximate surface area is 112 Å². The van der Waals surface area contributed by atoms with Crippen molar-refractivity contribution in [3.05, 3.63) is 23.4 Å². The summed E-state index contributed by atoms with van der Waals surface area (Å²) < 4.78 is 12.7. The van der Waals surface area contributed by atoms with Crippen LogP contribution >= 0.6 is 0 Å². The van der Waals surface area contributed by atoms with Gasteiger partial charge in [-0.3, -0.25) is 4.99 Å². The van der Waals surface area contributed by atoms with E-state index in [2.05, 4.69) is 25.6 Å². The molecule has 1 aromatic heterocycles. The van der Waals surface area contributed by atoms with Gasteiger partial charge in [0, 0.05) is 38.5 Å². The van der Waals surface area contributed by atoms with Gasteiger partial charge in [-0.2, -0.15) is 0 Å². The molecule has 2 N–H and O–H groups in total. The van der Waals surface area contributed by atoms with Crippen LogP contribution in [0.5, 0.6) is 0 Å². The van der Waals surface area contributed by atoms with E-state index in [-0.39, 0.29) is 0 Å². The van der Waals surface area contributed by atoms with Gasteiger partial charge in [-0.05, 0) is 18.6 Å². The third-order valence-corrected chi connectivity index (χ3v) is 2.78. The van der Waals surface area contributed by atoms with E-state index < -0.39 is 6.17 Å². The Hall–Kier alpha value is -1.82. The Morgan fingerprint density at radius 1 is 1.58 bits per heavy atom. The number of nitrogens with one attached hydrogen (secondary N) is 2. The lowest BCUT2D eigenvalue weighted by atomic mass is 10.1. The van der Waals surface area contributed by atoms with Crippen LogP contribution in [0.15, 0.2) is 22.1 Å². The van der Waals surface area contributed by atoms with Gasteiger partial charge < -0.3 is 10.6 Å². The van der Waals surface area contributed by atoms with Gasteiger partial charge in [0.1, 0.15) is 12.0 Å². The van der Waals surface area contributed by atoms with Gasteiger partial charge >= 0.3 is 0 Å². The highest BCUT2D eigenvalue weighted by atomic mass is 19.1. The summed E-state index contributed by atoms with van der Waals surface area (Å²) in [7, 11) is 1.60. The minimum absolute atomic E-state index is 0.353. The van der Waals surface area contributed by atoms with Crippen LogP contribution < -0.4 is 10.6 Å². The molecule has 0 fully saturated rings. The van der Waals surface area contributed by atoms with Gasteiger partial charge in [0.2, 0.25) is 5.96 Å². The maximum Gasteiger partial charge on any atom is 0.223 e. The molecule has 2 heterocycles. The summed E-state index contributed by atoms with van der Waals surface area (Å²) in [6, 6.07) is 3.91. The summed E-state index contributed by atoms with van der Waals surface area (Å²) >= 11 is 0. The van der Waals surface area contributed by atoms with Crippen molar-refractivity contribution in [2.45, 2.75) is 26.1 Å². The smallest absolute Gasteiger partial charge is 0.223 e. The fraction of sp³-hybridized carbons (Fsp3) is 0.462. The van der Waals surface area contributed by atoms with E-state index in [0.29, 0.717) is 11.8 Å². The van der Waals surface area contributed by atoms with Crippen molar-refractivity contribution in [1.82, 2.24) is 10.3 Å². The van der Waals surface area contributed by atoms with Crippen LogP contribution in [0.1, 0.15) is 18.2 Å². The standard InChI is InChI=1S/C13H18FN5/c1-9(14)7-17-13(15-2)19-12-4-3-10-8-16-6-5-11(10)18-12/h3-4,7,9,16H,5-6,8H2,1-2H3,(H,15,18,19). The molecule has 19 heavy (non-hydrogen) atoms. The van der Waals surface area contributed by atoms with Crippen molar-refractivity contribution in [3.63, 3.8) is 0 Å². The Bertz CT molecular complexity index is 496. The normalized spacial score (nSPS) is 17.3. The quantitative estimate of drug-likeness (QED) is 0.628. The van der Waals surface area contributed by atoms with Gasteiger partial charge in [0.15, 0.2) is 0 Å². The minimum Gasteiger partial charge on any atom is -0.312 e. The van der Waals surface area contributed by atoms with E-state index in [1.807, 2.05) is 12.1 Å². The van der Waals surface area contributed by atoms with E-state index in [1.54, 1.807) is 7.05 Å². The molecule has 1 atom stereocenters. The highest BCUT2D eigenvalue weighted by Gasteiger charge is 2.10. The van der Waals surface area contributed by atoms with Crippen molar-refractivity contribution >= 4 is 18.0 Å². The summed E-state index contributed by atoms with van der Waals surface area (Å²) in [5, 5.41) is 6.28. The zero-order valence-electron chi connectivity index (χ0n) is 11.2. The number of pyridine rings is 1. The predicted molar refractivity (Wildman–Crippen MR) is 75.7 cm³/mol. The largest absolute Gasteiger partial charge is 0.312 e. The second kappa shape index (κ2) is 6.38. The molecule has 0 saturated carbocycles. The number of aliphatic imine (C=N–C) groups is 2. The second-order valence-corrected chi connectivity index (χ2v) is 4.36. The van der Waals surface area contributed by atoms with E-state index in [9.17, 15) is 4.39 Å². The molecule has 1 unspecified atom stereocenters. The number of alkyl halides is 1. The fourth-order valence-corrected chi connectivity index (χ4v) is 1.84. The highest BCUT2D eigenvalue weighted by molar-refractivity contribution is 5.98. The van der Waals surface area contributed by atoms with Crippen LogP contribution in [-0.2, 0) is 13.0 Å². The number of fused-ring (bicyclic) bond motifs is 1. The zero-order chi connectivity index (χ0) is 13.7. The van der Waals surface area contributed by atoms with Crippen molar-refractivity contribution in [3.8, 4) is 0 Å². The average molecular weight is 263 g/mol. The van der Waals surface area contributed by atoms with E-state index in [0.717, 1.165) is 25.2 Å². The third-order valence-electron chi connectivity index (χ3n) is 2.78. The molecule has 1 aromatic rings. The van der Waals surface area contributed by atoms with E-state index >= 15 is 0 Å². The average Bonchev–Trinajstić information content (AvgIpc) is 2.43.